The lowest BCUT2D eigenvalue weighted by molar-refractivity contribution is 0.0600. The minimum Gasteiger partial charge on any atom is -0.497 e. The first kappa shape index (κ1) is 15.0. The number of rotatable bonds is 6. The van der Waals surface area contributed by atoms with E-state index in [0.717, 1.165) is 17.0 Å². The Kier molecular flexibility index (Phi) is 5.29. The van der Waals surface area contributed by atoms with Crippen molar-refractivity contribution in [1.82, 2.24) is 4.98 Å². The maximum atomic E-state index is 11.3. The van der Waals surface area contributed by atoms with E-state index < -0.39 is 5.97 Å². The van der Waals surface area contributed by atoms with E-state index >= 15 is 0 Å². The lowest BCUT2D eigenvalue weighted by Crippen LogP contribution is -2.03. The van der Waals surface area contributed by atoms with Crippen LogP contribution in [0.1, 0.15) is 21.6 Å². The molecule has 0 saturated heterocycles. The number of pyridine rings is 1. The summed E-state index contributed by atoms with van der Waals surface area (Å²) in [5.74, 6) is 0.423. The summed E-state index contributed by atoms with van der Waals surface area (Å²) >= 11 is 0. The van der Waals surface area contributed by atoms with Gasteiger partial charge in [-0.15, -0.1) is 0 Å². The molecule has 5 heteroatoms. The van der Waals surface area contributed by atoms with E-state index in [1.54, 1.807) is 19.2 Å². The second-order valence-electron chi connectivity index (χ2n) is 4.37. The van der Waals surface area contributed by atoms with Gasteiger partial charge in [0, 0.05) is 6.20 Å². The lowest BCUT2D eigenvalue weighted by atomic mass is 10.2. The number of esters is 1. The van der Waals surface area contributed by atoms with Crippen LogP contribution in [-0.2, 0) is 22.7 Å². The molecule has 0 unspecified atom stereocenters. The largest absolute Gasteiger partial charge is 0.497 e. The van der Waals surface area contributed by atoms with Gasteiger partial charge in [0.2, 0.25) is 0 Å². The van der Waals surface area contributed by atoms with Gasteiger partial charge >= 0.3 is 5.97 Å². The molecule has 0 bridgehead atoms. The van der Waals surface area contributed by atoms with E-state index in [0.29, 0.717) is 18.8 Å². The maximum absolute atomic E-state index is 11.3. The normalized spacial score (nSPS) is 10.2. The van der Waals surface area contributed by atoms with E-state index in [1.165, 1.54) is 13.3 Å². The molecule has 0 N–H and O–H groups in total. The van der Waals surface area contributed by atoms with Gasteiger partial charge in [0.25, 0.3) is 0 Å². The third-order valence-corrected chi connectivity index (χ3v) is 2.92. The van der Waals surface area contributed by atoms with Crippen molar-refractivity contribution >= 4 is 5.97 Å². The average Bonchev–Trinajstić information content (AvgIpc) is 2.55. The Morgan fingerprint density at radius 1 is 1.05 bits per heavy atom. The minimum atomic E-state index is -0.395. The fourth-order valence-corrected chi connectivity index (χ4v) is 1.74. The fourth-order valence-electron chi connectivity index (χ4n) is 1.74. The van der Waals surface area contributed by atoms with E-state index in [4.69, 9.17) is 9.47 Å². The summed E-state index contributed by atoms with van der Waals surface area (Å²) in [5, 5.41) is 0. The second-order valence-corrected chi connectivity index (χ2v) is 4.37. The van der Waals surface area contributed by atoms with Crippen molar-refractivity contribution in [2.45, 2.75) is 13.2 Å². The van der Waals surface area contributed by atoms with Crippen molar-refractivity contribution in [2.24, 2.45) is 0 Å². The predicted octanol–water partition coefficient (Wildman–Crippen LogP) is 2.59. The van der Waals surface area contributed by atoms with Gasteiger partial charge in [-0.25, -0.2) is 4.79 Å². The zero-order chi connectivity index (χ0) is 15.1. The number of nitrogens with zero attached hydrogens (tertiary/aromatic N) is 1. The van der Waals surface area contributed by atoms with Crippen LogP contribution in [0.25, 0.3) is 0 Å². The molecule has 0 aliphatic carbocycles. The van der Waals surface area contributed by atoms with Crippen LogP contribution in [-0.4, -0.2) is 25.2 Å². The highest BCUT2D eigenvalue weighted by Crippen LogP contribution is 2.12. The summed E-state index contributed by atoms with van der Waals surface area (Å²) in [4.78, 5) is 15.4. The molecule has 2 rings (SSSR count). The smallest absolute Gasteiger partial charge is 0.339 e. The molecule has 1 aromatic heterocycles. The molecule has 0 atom stereocenters. The van der Waals surface area contributed by atoms with Crippen LogP contribution in [0.5, 0.6) is 5.75 Å². The fraction of sp³-hybridized carbons (Fsp3) is 0.250. The van der Waals surface area contributed by atoms with Gasteiger partial charge in [0.15, 0.2) is 0 Å². The van der Waals surface area contributed by atoms with Crippen LogP contribution in [0.3, 0.4) is 0 Å². The Morgan fingerprint density at radius 3 is 2.38 bits per heavy atom. The number of carbonyl (C=O) groups excluding carboxylic acids is 1. The highest BCUT2D eigenvalue weighted by molar-refractivity contribution is 5.88. The van der Waals surface area contributed by atoms with Gasteiger partial charge in [-0.05, 0) is 29.8 Å². The van der Waals surface area contributed by atoms with E-state index in [-0.39, 0.29) is 0 Å². The van der Waals surface area contributed by atoms with E-state index in [9.17, 15) is 4.79 Å². The number of hydrogen-bond acceptors (Lipinski definition) is 5. The maximum Gasteiger partial charge on any atom is 0.339 e. The predicted molar refractivity (Wildman–Crippen MR) is 77.1 cm³/mol. The monoisotopic (exact) mass is 287 g/mol. The number of aromatic nitrogens is 1. The first-order valence-electron chi connectivity index (χ1n) is 6.47. The SMILES string of the molecule is COC(=O)c1ccc(COCc2ccc(OC)cc2)nc1. The van der Waals surface area contributed by atoms with Crippen LogP contribution >= 0.6 is 0 Å². The van der Waals surface area contributed by atoms with E-state index in [2.05, 4.69) is 9.72 Å². The van der Waals surface area contributed by atoms with Crippen molar-refractivity contribution in [3.05, 3.63) is 59.4 Å². The van der Waals surface area contributed by atoms with Crippen LogP contribution in [0.2, 0.25) is 0 Å². The highest BCUT2D eigenvalue weighted by Gasteiger charge is 2.05. The summed E-state index contributed by atoms with van der Waals surface area (Å²) in [6.07, 6.45) is 1.48. The molecule has 21 heavy (non-hydrogen) atoms. The zero-order valence-electron chi connectivity index (χ0n) is 12.0. The van der Waals surface area contributed by atoms with Gasteiger partial charge in [0.05, 0.1) is 38.7 Å². The van der Waals surface area contributed by atoms with Crippen LogP contribution in [0.4, 0.5) is 0 Å². The summed E-state index contributed by atoms with van der Waals surface area (Å²) in [5.41, 5.74) is 2.24. The van der Waals surface area contributed by atoms with Crippen molar-refractivity contribution in [3.8, 4) is 5.75 Å². The third kappa shape index (κ3) is 4.29. The van der Waals surface area contributed by atoms with Crippen LogP contribution in [0, 0.1) is 0 Å². The Bertz CT molecular complexity index is 578. The average molecular weight is 287 g/mol. The van der Waals surface area contributed by atoms with Crippen molar-refractivity contribution < 1.29 is 19.0 Å². The molecule has 0 aliphatic heterocycles. The second kappa shape index (κ2) is 7.40. The molecule has 5 nitrogen and oxygen atoms in total. The first-order chi connectivity index (χ1) is 10.2. The van der Waals surface area contributed by atoms with Crippen molar-refractivity contribution in [2.75, 3.05) is 14.2 Å². The number of benzene rings is 1. The number of methoxy groups -OCH3 is 2. The van der Waals surface area contributed by atoms with Crippen molar-refractivity contribution in [3.63, 3.8) is 0 Å². The Labute approximate surface area is 123 Å². The molecular weight excluding hydrogens is 270 g/mol. The molecule has 0 fully saturated rings. The van der Waals surface area contributed by atoms with Gasteiger partial charge in [-0.1, -0.05) is 12.1 Å². The van der Waals surface area contributed by atoms with E-state index in [1.807, 2.05) is 24.3 Å². The number of ether oxygens (including phenoxy) is 3. The molecule has 110 valence electrons. The summed E-state index contributed by atoms with van der Waals surface area (Å²) in [7, 11) is 2.98. The number of carbonyl (C=O) groups is 1. The van der Waals surface area contributed by atoms with Gasteiger partial charge in [0.1, 0.15) is 5.75 Å². The Hall–Kier alpha value is -2.40. The molecule has 1 heterocycles. The molecule has 0 aliphatic rings. The van der Waals surface area contributed by atoms with Gasteiger partial charge < -0.3 is 14.2 Å². The standard InChI is InChI=1S/C16H17NO4/c1-19-15-7-3-12(4-8-15)10-21-11-14-6-5-13(9-17-14)16(18)20-2/h3-9H,10-11H2,1-2H3. The molecular formula is C16H17NO4. The first-order valence-corrected chi connectivity index (χ1v) is 6.47. The van der Waals surface area contributed by atoms with Crippen LogP contribution in [0.15, 0.2) is 42.6 Å². The minimum absolute atomic E-state index is 0.382. The molecule has 1 aromatic carbocycles. The third-order valence-electron chi connectivity index (χ3n) is 2.92. The Morgan fingerprint density at radius 2 is 1.81 bits per heavy atom. The van der Waals surface area contributed by atoms with Gasteiger partial charge in [-0.2, -0.15) is 0 Å². The van der Waals surface area contributed by atoms with Crippen LogP contribution < -0.4 is 4.74 Å². The molecule has 0 radical (unpaired) electrons. The quantitative estimate of drug-likeness (QED) is 0.764. The molecule has 0 spiro atoms. The topological polar surface area (TPSA) is 57.7 Å². The summed E-state index contributed by atoms with van der Waals surface area (Å²) < 4.78 is 15.3. The molecule has 2 aromatic rings. The zero-order valence-corrected chi connectivity index (χ0v) is 12.0. The summed E-state index contributed by atoms with van der Waals surface area (Å²) in [6, 6.07) is 11.1. The van der Waals surface area contributed by atoms with Gasteiger partial charge in [-0.3, -0.25) is 4.98 Å². The lowest BCUT2D eigenvalue weighted by Gasteiger charge is -2.06. The molecule has 0 saturated carbocycles. The molecule has 0 amide bonds. The van der Waals surface area contributed by atoms with Crippen molar-refractivity contribution in [1.29, 1.82) is 0 Å². The highest BCUT2D eigenvalue weighted by atomic mass is 16.5. The summed E-state index contributed by atoms with van der Waals surface area (Å²) in [6.45, 7) is 0.873. The Balaban J connectivity index is 1.83. The number of hydrogen-bond donors (Lipinski definition) is 0.